The van der Waals surface area contributed by atoms with Gasteiger partial charge < -0.3 is 20.1 Å². The fourth-order valence-corrected chi connectivity index (χ4v) is 3.75. The van der Waals surface area contributed by atoms with Crippen LogP contribution in [0, 0.1) is 0 Å². The molecule has 1 fully saturated rings. The first-order valence-corrected chi connectivity index (χ1v) is 7.46. The van der Waals surface area contributed by atoms with Crippen molar-refractivity contribution in [3.63, 3.8) is 0 Å². The average molecular weight is 295 g/mol. The molecule has 6 heteroatoms. The second-order valence-electron chi connectivity index (χ2n) is 5.00. The summed E-state index contributed by atoms with van der Waals surface area (Å²) in [7, 11) is 0. The van der Waals surface area contributed by atoms with Crippen LogP contribution in [0.3, 0.4) is 0 Å². The van der Waals surface area contributed by atoms with Crippen LogP contribution in [0.2, 0.25) is 0 Å². The molecule has 5 atom stereocenters. The molecule has 2 heterocycles. The van der Waals surface area contributed by atoms with Gasteiger partial charge in [-0.15, -0.1) is 0 Å². The Morgan fingerprint density at radius 3 is 2.60 bits per heavy atom. The number of rotatable bonds is 3. The molecule has 5 nitrogen and oxygen atoms in total. The fraction of sp³-hybridized carbons (Fsp3) is 0.500. The molecule has 0 aliphatic carbocycles. The number of aliphatic hydroxyl groups excluding tert-OH is 3. The molecule has 1 aromatic rings. The van der Waals surface area contributed by atoms with E-state index in [1.54, 1.807) is 0 Å². The number of aliphatic imine (C=N–C) groups is 1. The quantitative estimate of drug-likeness (QED) is 0.741. The minimum absolute atomic E-state index is 0.309. The van der Waals surface area contributed by atoms with Gasteiger partial charge in [0.2, 0.25) is 0 Å². The van der Waals surface area contributed by atoms with Gasteiger partial charge in [0.25, 0.3) is 0 Å². The summed E-state index contributed by atoms with van der Waals surface area (Å²) in [5.41, 5.74) is 0.815. The number of hydrogen-bond donors (Lipinski definition) is 3. The van der Waals surface area contributed by atoms with Crippen LogP contribution in [0.25, 0.3) is 0 Å². The minimum Gasteiger partial charge on any atom is -0.394 e. The summed E-state index contributed by atoms with van der Waals surface area (Å²) in [5, 5.41) is 30.0. The fourth-order valence-electron chi connectivity index (χ4n) is 2.49. The molecule has 3 N–H and O–H groups in total. The molecule has 1 aromatic carbocycles. The van der Waals surface area contributed by atoms with Crippen LogP contribution in [0.15, 0.2) is 35.3 Å². The van der Waals surface area contributed by atoms with E-state index in [-0.39, 0.29) is 12.0 Å². The lowest BCUT2D eigenvalue weighted by Crippen LogP contribution is -2.55. The van der Waals surface area contributed by atoms with Crippen LogP contribution in [-0.4, -0.2) is 56.8 Å². The van der Waals surface area contributed by atoms with Gasteiger partial charge in [-0.3, -0.25) is 4.99 Å². The molecule has 2 aliphatic rings. The second-order valence-corrected chi connectivity index (χ2v) is 6.17. The zero-order valence-electron chi connectivity index (χ0n) is 10.8. The van der Waals surface area contributed by atoms with E-state index in [0.29, 0.717) is 6.42 Å². The zero-order valence-corrected chi connectivity index (χ0v) is 11.6. The normalized spacial score (nSPS) is 36.5. The van der Waals surface area contributed by atoms with E-state index >= 15 is 0 Å². The smallest absolute Gasteiger partial charge is 0.134 e. The van der Waals surface area contributed by atoms with E-state index in [1.807, 2.05) is 30.3 Å². The van der Waals surface area contributed by atoms with Crippen molar-refractivity contribution < 1.29 is 20.1 Å². The number of hydrogen-bond acceptors (Lipinski definition) is 6. The maximum absolute atomic E-state index is 10.1. The summed E-state index contributed by atoms with van der Waals surface area (Å²) < 4.78 is 5.60. The average Bonchev–Trinajstić information content (AvgIpc) is 2.86. The number of thioether (sulfide) groups is 1. The first-order chi connectivity index (χ1) is 9.69. The maximum Gasteiger partial charge on any atom is 0.134 e. The Kier molecular flexibility index (Phi) is 4.09. The van der Waals surface area contributed by atoms with Gasteiger partial charge in [0.15, 0.2) is 0 Å². The van der Waals surface area contributed by atoms with E-state index in [0.717, 1.165) is 10.6 Å². The Labute approximate surface area is 121 Å². The van der Waals surface area contributed by atoms with E-state index in [4.69, 9.17) is 9.84 Å². The molecule has 1 saturated heterocycles. The van der Waals surface area contributed by atoms with E-state index in [1.165, 1.54) is 11.8 Å². The molecule has 0 radical (unpaired) electrons. The van der Waals surface area contributed by atoms with Crippen LogP contribution in [0.5, 0.6) is 0 Å². The van der Waals surface area contributed by atoms with Gasteiger partial charge in [0.05, 0.1) is 11.7 Å². The van der Waals surface area contributed by atoms with Crippen molar-refractivity contribution >= 4 is 16.8 Å². The van der Waals surface area contributed by atoms with Crippen molar-refractivity contribution in [2.75, 3.05) is 6.61 Å². The van der Waals surface area contributed by atoms with Crippen LogP contribution in [-0.2, 0) is 11.2 Å². The van der Waals surface area contributed by atoms with Crippen molar-refractivity contribution in [2.45, 2.75) is 36.2 Å². The third kappa shape index (κ3) is 2.62. The highest BCUT2D eigenvalue weighted by Crippen LogP contribution is 2.37. The van der Waals surface area contributed by atoms with Gasteiger partial charge in [0, 0.05) is 6.42 Å². The van der Waals surface area contributed by atoms with Crippen LogP contribution in [0.1, 0.15) is 5.56 Å². The predicted molar refractivity (Wildman–Crippen MR) is 76.7 cm³/mol. The van der Waals surface area contributed by atoms with Crippen LogP contribution < -0.4 is 0 Å². The maximum atomic E-state index is 10.1. The Balaban J connectivity index is 1.72. The molecule has 0 bridgehead atoms. The van der Waals surface area contributed by atoms with Crippen molar-refractivity contribution in [3.05, 3.63) is 35.9 Å². The summed E-state index contributed by atoms with van der Waals surface area (Å²) in [5.74, 6) is 0. The van der Waals surface area contributed by atoms with Crippen LogP contribution in [0.4, 0.5) is 0 Å². The minimum atomic E-state index is -1.10. The zero-order chi connectivity index (χ0) is 14.1. The van der Waals surface area contributed by atoms with Crippen molar-refractivity contribution in [1.29, 1.82) is 0 Å². The van der Waals surface area contributed by atoms with Crippen molar-refractivity contribution in [1.82, 2.24) is 0 Å². The topological polar surface area (TPSA) is 82.3 Å². The molecule has 0 saturated carbocycles. The summed E-state index contributed by atoms with van der Waals surface area (Å²) in [6, 6.07) is 9.49. The first kappa shape index (κ1) is 14.0. The predicted octanol–water partition coefficient (Wildman–Crippen LogP) is 0.182. The lowest BCUT2D eigenvalue weighted by Gasteiger charge is -2.37. The SMILES string of the molecule is OC[C@H]1O[C@@H]2SC(Cc3ccccc3)=N[C@@H]2[C@@H](O)[C@@H]1O. The van der Waals surface area contributed by atoms with Crippen LogP contribution >= 0.6 is 11.8 Å². The molecule has 0 aromatic heterocycles. The summed E-state index contributed by atoms with van der Waals surface area (Å²) >= 11 is 1.46. The lowest BCUT2D eigenvalue weighted by atomic mass is 9.99. The number of aliphatic hydroxyl groups is 3. The molecular weight excluding hydrogens is 278 g/mol. The van der Waals surface area contributed by atoms with Gasteiger partial charge in [-0.2, -0.15) is 0 Å². The Bertz CT molecular complexity index is 495. The summed E-state index contributed by atoms with van der Waals surface area (Å²) in [6.07, 6.45) is -2.15. The summed E-state index contributed by atoms with van der Waals surface area (Å²) in [4.78, 5) is 4.47. The van der Waals surface area contributed by atoms with Gasteiger partial charge >= 0.3 is 0 Å². The van der Waals surface area contributed by atoms with Gasteiger partial charge in [-0.05, 0) is 5.56 Å². The molecular formula is C14H17NO4S. The third-order valence-corrected chi connectivity index (χ3v) is 4.74. The molecule has 0 spiro atoms. The monoisotopic (exact) mass is 295 g/mol. The first-order valence-electron chi connectivity index (χ1n) is 6.59. The van der Waals surface area contributed by atoms with E-state index in [9.17, 15) is 10.2 Å². The Hall–Kier alpha value is -0.920. The van der Waals surface area contributed by atoms with Gasteiger partial charge in [-0.25, -0.2) is 0 Å². The third-order valence-electron chi connectivity index (χ3n) is 3.59. The van der Waals surface area contributed by atoms with Gasteiger partial charge in [0.1, 0.15) is 29.8 Å². The standard InChI is InChI=1S/C14H17NO4S/c16-7-9-12(17)13(18)11-14(19-9)20-10(15-11)6-8-4-2-1-3-5-8/h1-5,9,11-14,16-18H,6-7H2/t9-,11-,12-,13-,14-/m1/s1. The Morgan fingerprint density at radius 1 is 1.15 bits per heavy atom. The largest absolute Gasteiger partial charge is 0.394 e. The number of benzene rings is 1. The number of fused-ring (bicyclic) bond motifs is 1. The Morgan fingerprint density at radius 2 is 1.90 bits per heavy atom. The lowest BCUT2D eigenvalue weighted by molar-refractivity contribution is -0.164. The van der Waals surface area contributed by atoms with Crippen molar-refractivity contribution in [2.24, 2.45) is 4.99 Å². The highest BCUT2D eigenvalue weighted by molar-refractivity contribution is 8.14. The molecule has 2 aliphatic heterocycles. The highest BCUT2D eigenvalue weighted by Gasteiger charge is 2.47. The van der Waals surface area contributed by atoms with E-state index < -0.39 is 24.4 Å². The molecule has 0 amide bonds. The number of nitrogens with zero attached hydrogens (tertiary/aromatic N) is 1. The highest BCUT2D eigenvalue weighted by atomic mass is 32.2. The molecule has 0 unspecified atom stereocenters. The van der Waals surface area contributed by atoms with Crippen molar-refractivity contribution in [3.8, 4) is 0 Å². The second kappa shape index (κ2) is 5.83. The molecule has 108 valence electrons. The summed E-state index contributed by atoms with van der Waals surface area (Å²) in [6.45, 7) is -0.309. The molecule has 3 rings (SSSR count). The van der Waals surface area contributed by atoms with E-state index in [2.05, 4.69) is 4.99 Å². The van der Waals surface area contributed by atoms with Gasteiger partial charge in [-0.1, -0.05) is 42.1 Å². The molecule has 20 heavy (non-hydrogen) atoms. The number of ether oxygens (including phenoxy) is 1.